The Balaban J connectivity index is 1.21. The number of fused-ring (bicyclic) bond motifs is 1. The van der Waals surface area contributed by atoms with Crippen LogP contribution in [0.5, 0.6) is 11.5 Å². The number of carbonyl (C=O) groups is 1. The predicted molar refractivity (Wildman–Crippen MR) is 112 cm³/mol. The lowest BCUT2D eigenvalue weighted by molar-refractivity contribution is -0.140. The predicted octanol–water partition coefficient (Wildman–Crippen LogP) is 2.59. The minimum absolute atomic E-state index is 0.00936. The highest BCUT2D eigenvalue weighted by Gasteiger charge is 2.45. The van der Waals surface area contributed by atoms with Gasteiger partial charge in [0.1, 0.15) is 10.8 Å². The first-order chi connectivity index (χ1) is 14.5. The van der Waals surface area contributed by atoms with E-state index in [9.17, 15) is 13.2 Å². The number of sulfonamides is 1. The summed E-state index contributed by atoms with van der Waals surface area (Å²) in [6.07, 6.45) is 1.81. The molecule has 0 saturated carbocycles. The first-order valence-corrected chi connectivity index (χ1v) is 12.5. The zero-order chi connectivity index (χ0) is 20.8. The number of amides is 1. The summed E-state index contributed by atoms with van der Waals surface area (Å²) in [5.74, 6) is 1.22. The highest BCUT2D eigenvalue weighted by Crippen LogP contribution is 2.42. The van der Waals surface area contributed by atoms with Crippen molar-refractivity contribution in [1.82, 2.24) is 9.21 Å². The molecule has 4 heterocycles. The molecule has 1 atom stereocenters. The van der Waals surface area contributed by atoms with E-state index >= 15 is 0 Å². The van der Waals surface area contributed by atoms with E-state index in [0.717, 1.165) is 19.3 Å². The highest BCUT2D eigenvalue weighted by atomic mass is 32.2. The lowest BCUT2D eigenvalue weighted by Gasteiger charge is -2.38. The van der Waals surface area contributed by atoms with E-state index in [4.69, 9.17) is 9.47 Å². The number of hydrogen-bond acceptors (Lipinski definition) is 6. The molecule has 2 saturated heterocycles. The van der Waals surface area contributed by atoms with Gasteiger partial charge in [0.2, 0.25) is 6.10 Å². The number of nitrogens with zero attached hydrogens (tertiary/aromatic N) is 2. The minimum Gasteiger partial charge on any atom is -0.485 e. The fourth-order valence-corrected chi connectivity index (χ4v) is 7.20. The Morgan fingerprint density at radius 1 is 1.03 bits per heavy atom. The number of ether oxygens (including phenoxy) is 2. The van der Waals surface area contributed by atoms with Crippen molar-refractivity contribution in [3.63, 3.8) is 0 Å². The molecular formula is C21H24N2O5S2. The van der Waals surface area contributed by atoms with Crippen molar-refractivity contribution in [2.24, 2.45) is 5.41 Å². The number of carbonyl (C=O) groups excluding carboxylic acids is 1. The number of likely N-dealkylation sites (tertiary alicyclic amines) is 1. The van der Waals surface area contributed by atoms with Gasteiger partial charge < -0.3 is 14.4 Å². The highest BCUT2D eigenvalue weighted by molar-refractivity contribution is 7.91. The Hall–Kier alpha value is -2.10. The molecule has 30 heavy (non-hydrogen) atoms. The van der Waals surface area contributed by atoms with Crippen LogP contribution in [-0.4, -0.2) is 62.4 Å². The molecule has 160 valence electrons. The van der Waals surface area contributed by atoms with Gasteiger partial charge in [-0.25, -0.2) is 8.42 Å². The Morgan fingerprint density at radius 2 is 1.77 bits per heavy atom. The molecule has 7 nitrogen and oxygen atoms in total. The van der Waals surface area contributed by atoms with Crippen LogP contribution in [-0.2, 0) is 14.8 Å². The summed E-state index contributed by atoms with van der Waals surface area (Å²) in [6.45, 7) is 2.54. The summed E-state index contributed by atoms with van der Waals surface area (Å²) in [7, 11) is -3.41. The van der Waals surface area contributed by atoms with Crippen LogP contribution in [0.15, 0.2) is 46.0 Å². The van der Waals surface area contributed by atoms with Crippen molar-refractivity contribution in [3.05, 3.63) is 41.8 Å². The third-order valence-electron chi connectivity index (χ3n) is 6.41. The zero-order valence-corrected chi connectivity index (χ0v) is 18.2. The van der Waals surface area contributed by atoms with E-state index in [2.05, 4.69) is 0 Å². The molecule has 1 aromatic carbocycles. The number of rotatable bonds is 3. The summed E-state index contributed by atoms with van der Waals surface area (Å²) in [4.78, 5) is 14.9. The molecular weight excluding hydrogens is 424 g/mol. The molecule has 3 aliphatic rings. The summed E-state index contributed by atoms with van der Waals surface area (Å²) in [5, 5.41) is 1.79. The van der Waals surface area contributed by atoms with E-state index in [1.54, 1.807) is 21.8 Å². The van der Waals surface area contributed by atoms with Crippen LogP contribution in [0.25, 0.3) is 0 Å². The Bertz CT molecular complexity index is 1030. The van der Waals surface area contributed by atoms with E-state index in [-0.39, 0.29) is 17.9 Å². The SMILES string of the molecule is O=C(C1COc2ccccc2O1)N1CCC2(CCN(S(=O)(=O)c3cccs3)CC2)C1. The average molecular weight is 449 g/mol. The van der Waals surface area contributed by atoms with Gasteiger partial charge in [0, 0.05) is 26.2 Å². The normalized spacial score (nSPS) is 23.6. The molecule has 1 spiro atoms. The Labute approximate surface area is 180 Å². The monoisotopic (exact) mass is 448 g/mol. The van der Waals surface area contributed by atoms with Crippen LogP contribution in [0.3, 0.4) is 0 Å². The maximum atomic E-state index is 13.0. The van der Waals surface area contributed by atoms with E-state index < -0.39 is 16.1 Å². The quantitative estimate of drug-likeness (QED) is 0.722. The van der Waals surface area contributed by atoms with Crippen LogP contribution in [0, 0.1) is 5.41 Å². The molecule has 0 bridgehead atoms. The molecule has 1 unspecified atom stereocenters. The van der Waals surface area contributed by atoms with Crippen LogP contribution in [0.4, 0.5) is 0 Å². The van der Waals surface area contributed by atoms with E-state index in [1.807, 2.05) is 29.2 Å². The van der Waals surface area contributed by atoms with Crippen molar-refractivity contribution >= 4 is 27.3 Å². The summed E-state index contributed by atoms with van der Waals surface area (Å²) >= 11 is 1.25. The van der Waals surface area contributed by atoms with Gasteiger partial charge in [-0.1, -0.05) is 18.2 Å². The second-order valence-corrected chi connectivity index (χ2v) is 11.3. The molecule has 5 rings (SSSR count). The number of benzene rings is 1. The topological polar surface area (TPSA) is 76.2 Å². The third-order valence-corrected chi connectivity index (χ3v) is 9.68. The first kappa shape index (κ1) is 19.8. The first-order valence-electron chi connectivity index (χ1n) is 10.2. The van der Waals surface area contributed by atoms with Gasteiger partial charge in [0.25, 0.3) is 15.9 Å². The fraction of sp³-hybridized carbons (Fsp3) is 0.476. The van der Waals surface area contributed by atoms with Gasteiger partial charge in [-0.15, -0.1) is 11.3 Å². The van der Waals surface area contributed by atoms with Crippen LogP contribution in [0.1, 0.15) is 19.3 Å². The van der Waals surface area contributed by atoms with Gasteiger partial charge >= 0.3 is 0 Å². The van der Waals surface area contributed by atoms with Crippen molar-refractivity contribution in [1.29, 1.82) is 0 Å². The number of thiophene rings is 1. The van der Waals surface area contributed by atoms with E-state index in [1.165, 1.54) is 11.3 Å². The van der Waals surface area contributed by atoms with Gasteiger partial charge in [0.15, 0.2) is 11.5 Å². The maximum absolute atomic E-state index is 13.0. The van der Waals surface area contributed by atoms with Gasteiger partial charge in [-0.3, -0.25) is 4.79 Å². The molecule has 0 radical (unpaired) electrons. The minimum atomic E-state index is -3.41. The molecule has 9 heteroatoms. The summed E-state index contributed by atoms with van der Waals surface area (Å²) < 4.78 is 39.1. The van der Waals surface area contributed by atoms with Crippen LogP contribution < -0.4 is 9.47 Å². The van der Waals surface area contributed by atoms with Crippen molar-refractivity contribution in [2.75, 3.05) is 32.8 Å². The molecule has 3 aliphatic heterocycles. The number of para-hydroxylation sites is 2. The maximum Gasteiger partial charge on any atom is 0.267 e. The van der Waals surface area contributed by atoms with Crippen LogP contribution in [0.2, 0.25) is 0 Å². The Morgan fingerprint density at radius 3 is 2.50 bits per heavy atom. The number of piperidine rings is 1. The smallest absolute Gasteiger partial charge is 0.267 e. The average Bonchev–Trinajstić information content (AvgIpc) is 3.45. The van der Waals surface area contributed by atoms with Crippen molar-refractivity contribution < 1.29 is 22.7 Å². The third kappa shape index (κ3) is 3.48. The van der Waals surface area contributed by atoms with Gasteiger partial charge in [0.05, 0.1) is 0 Å². The molecule has 1 amide bonds. The molecule has 0 aliphatic carbocycles. The van der Waals surface area contributed by atoms with E-state index in [0.29, 0.717) is 41.9 Å². The van der Waals surface area contributed by atoms with Crippen LogP contribution >= 0.6 is 11.3 Å². The lowest BCUT2D eigenvalue weighted by Crippen LogP contribution is -2.48. The lowest BCUT2D eigenvalue weighted by atomic mass is 9.78. The summed E-state index contributed by atoms with van der Waals surface area (Å²) in [5.41, 5.74) is -0.00936. The zero-order valence-electron chi connectivity index (χ0n) is 16.5. The van der Waals surface area contributed by atoms with Crippen molar-refractivity contribution in [3.8, 4) is 11.5 Å². The number of hydrogen-bond donors (Lipinski definition) is 0. The fourth-order valence-electron chi connectivity index (χ4n) is 4.61. The van der Waals surface area contributed by atoms with Gasteiger partial charge in [-0.05, 0) is 48.3 Å². The van der Waals surface area contributed by atoms with Crippen molar-refractivity contribution in [2.45, 2.75) is 29.6 Å². The summed E-state index contributed by atoms with van der Waals surface area (Å²) in [6, 6.07) is 10.8. The largest absolute Gasteiger partial charge is 0.485 e. The molecule has 0 N–H and O–H groups in total. The standard InChI is InChI=1S/C21H24N2O5S2/c24-20(18-14-27-16-4-1-2-5-17(16)28-18)22-10-7-21(15-22)8-11-23(12-9-21)30(25,26)19-6-3-13-29-19/h1-6,13,18H,7-12,14-15H2. The molecule has 1 aromatic heterocycles. The second-order valence-electron chi connectivity index (χ2n) is 8.21. The molecule has 2 fully saturated rings. The second kappa shape index (κ2) is 7.55. The Kier molecular flexibility index (Phi) is 4.99. The van der Waals surface area contributed by atoms with Gasteiger partial charge in [-0.2, -0.15) is 4.31 Å². The molecule has 2 aromatic rings.